The monoisotopic (exact) mass is 874 g/mol. The highest BCUT2D eigenvalue weighted by Crippen LogP contribution is 2.51. The summed E-state index contributed by atoms with van der Waals surface area (Å²) >= 11 is 0. The van der Waals surface area contributed by atoms with E-state index in [9.17, 15) is 33.9 Å². The van der Waals surface area contributed by atoms with Crippen LogP contribution in [0.5, 0.6) is 0 Å². The second kappa shape index (κ2) is 23.0. The van der Waals surface area contributed by atoms with Crippen molar-refractivity contribution in [1.29, 1.82) is 0 Å². The van der Waals surface area contributed by atoms with Gasteiger partial charge in [-0.15, -0.1) is 0 Å². The summed E-state index contributed by atoms with van der Waals surface area (Å²) in [6.07, 6.45) is 6.63. The molecule has 6 amide bonds. The van der Waals surface area contributed by atoms with Crippen molar-refractivity contribution in [3.63, 3.8) is 0 Å². The first-order valence-electron chi connectivity index (χ1n) is 23.0. The Hall–Kier alpha value is -5.18. The van der Waals surface area contributed by atoms with E-state index in [1.54, 1.807) is 45.0 Å². The first kappa shape index (κ1) is 48.8. The quantitative estimate of drug-likeness (QED) is 0.0973. The third-order valence-electron chi connectivity index (χ3n) is 12.5. The van der Waals surface area contributed by atoms with Crippen molar-refractivity contribution in [2.75, 3.05) is 32.7 Å². The van der Waals surface area contributed by atoms with E-state index < -0.39 is 59.7 Å². The van der Waals surface area contributed by atoms with E-state index in [0.717, 1.165) is 24.0 Å². The van der Waals surface area contributed by atoms with E-state index in [0.29, 0.717) is 44.9 Å². The molecular weight excluding hydrogens is 803 g/mol. The van der Waals surface area contributed by atoms with Gasteiger partial charge >= 0.3 is 12.2 Å². The van der Waals surface area contributed by atoms with Gasteiger partial charge in [0.2, 0.25) is 23.6 Å². The van der Waals surface area contributed by atoms with Crippen LogP contribution >= 0.6 is 0 Å². The molecule has 15 heteroatoms. The summed E-state index contributed by atoms with van der Waals surface area (Å²) in [5.41, 5.74) is 1.10. The van der Waals surface area contributed by atoms with Gasteiger partial charge < -0.3 is 46.2 Å². The van der Waals surface area contributed by atoms with Crippen LogP contribution < -0.4 is 26.6 Å². The van der Waals surface area contributed by atoms with Crippen molar-refractivity contribution in [3.8, 4) is 0 Å². The minimum atomic E-state index is -1.38. The molecule has 346 valence electrons. The Balaban J connectivity index is 1.28. The number of nitrogens with one attached hydrogen (secondary N) is 5. The zero-order chi connectivity index (χ0) is 45.6. The van der Waals surface area contributed by atoms with Gasteiger partial charge in [0.05, 0.1) is 0 Å². The molecule has 1 saturated carbocycles. The number of rotatable bonds is 20. The molecule has 15 nitrogen and oxygen atoms in total. The fraction of sp³-hybridized carbons (Fsp3) is 0.625. The van der Waals surface area contributed by atoms with Crippen molar-refractivity contribution in [2.45, 2.75) is 147 Å². The molecule has 2 aliphatic heterocycles. The van der Waals surface area contributed by atoms with Gasteiger partial charge in [-0.3, -0.25) is 19.2 Å². The Bertz CT molecular complexity index is 1820. The fourth-order valence-electron chi connectivity index (χ4n) is 9.16. The van der Waals surface area contributed by atoms with Crippen LogP contribution in [-0.4, -0.2) is 119 Å². The molecule has 0 radical (unpaired) electrons. The summed E-state index contributed by atoms with van der Waals surface area (Å²) < 4.78 is 5.36. The average molecular weight is 874 g/mol. The molecule has 0 unspecified atom stereocenters. The number of hydrogen-bond donors (Lipinski definition) is 6. The van der Waals surface area contributed by atoms with Gasteiger partial charge in [-0.2, -0.15) is 0 Å². The minimum absolute atomic E-state index is 0.0311. The lowest BCUT2D eigenvalue weighted by Crippen LogP contribution is -2.60. The number of hydrogen-bond acceptors (Lipinski definition) is 8. The number of piperidine rings is 1. The molecule has 2 aromatic rings. The first-order chi connectivity index (χ1) is 30.0. The highest BCUT2D eigenvalue weighted by Gasteiger charge is 2.49. The number of carbonyl (C=O) groups is 6. The number of likely N-dealkylation sites (tertiary alicyclic amines) is 2. The lowest BCUT2D eigenvalue weighted by molar-refractivity contribution is -0.141. The fourth-order valence-corrected chi connectivity index (χ4v) is 9.16. The van der Waals surface area contributed by atoms with Crippen molar-refractivity contribution in [1.82, 2.24) is 36.4 Å². The largest absolute Gasteiger partial charge is 0.465 e. The predicted molar refractivity (Wildman–Crippen MR) is 241 cm³/mol. The Labute approximate surface area is 373 Å². The standard InChI is InChI=1S/C48H71N7O8/c1-33(2)28-38(51-42(57)39(29-34-16-8-6-9-17-34)52-43(58)40(53-45(60)61)30-35-18-10-7-11-19-35)41(56)50-37(20-12-13-23-49-46(62)63-47(3,4)5)44(59)55-26-21-48(22-27-55)31-36(32-48)54-24-14-15-25-54/h6-11,16-19,33,36-40,53H,12-15,20-32H2,1-5H3,(H,49,62)(H,50,56)(H,51,57)(H,52,58)(H,60,61)/t37-,38-,39-,40-/m1/s1. The SMILES string of the molecule is CC(C)C[C@@H](NC(=O)[C@@H](Cc1ccccc1)NC(=O)[C@@H](Cc1ccccc1)NC(=O)O)C(=O)N[C@H](CCCCNC(=O)OC(C)(C)C)C(=O)N1CCC2(CC1)CC(N1CCCC1)C2. The Kier molecular flexibility index (Phi) is 17.8. The number of nitrogens with zero attached hydrogens (tertiary/aromatic N) is 2. The Morgan fingerprint density at radius 2 is 1.22 bits per heavy atom. The van der Waals surface area contributed by atoms with Crippen LogP contribution in [0.3, 0.4) is 0 Å². The smallest absolute Gasteiger partial charge is 0.407 e. The van der Waals surface area contributed by atoms with Gasteiger partial charge in [0, 0.05) is 38.5 Å². The molecule has 5 rings (SSSR count). The maximum Gasteiger partial charge on any atom is 0.407 e. The van der Waals surface area contributed by atoms with E-state index in [-0.39, 0.29) is 36.5 Å². The molecule has 2 aromatic carbocycles. The van der Waals surface area contributed by atoms with Crippen LogP contribution in [0.2, 0.25) is 0 Å². The zero-order valence-electron chi connectivity index (χ0n) is 38.0. The predicted octanol–water partition coefficient (Wildman–Crippen LogP) is 5.17. The van der Waals surface area contributed by atoms with Crippen molar-refractivity contribution in [2.24, 2.45) is 11.3 Å². The van der Waals surface area contributed by atoms with Crippen molar-refractivity contribution in [3.05, 3.63) is 71.8 Å². The summed E-state index contributed by atoms with van der Waals surface area (Å²) in [6, 6.07) is 14.4. The van der Waals surface area contributed by atoms with E-state index in [4.69, 9.17) is 4.74 Å². The summed E-state index contributed by atoms with van der Waals surface area (Å²) in [4.78, 5) is 85.3. The summed E-state index contributed by atoms with van der Waals surface area (Å²) in [7, 11) is 0. The maximum absolute atomic E-state index is 14.4. The highest BCUT2D eigenvalue weighted by molar-refractivity contribution is 5.95. The lowest BCUT2D eigenvalue weighted by Gasteiger charge is -2.55. The minimum Gasteiger partial charge on any atom is -0.465 e. The number of benzene rings is 2. The number of amides is 6. The second-order valence-electron chi connectivity index (χ2n) is 19.2. The molecule has 3 aliphatic rings. The maximum atomic E-state index is 14.4. The number of carboxylic acid groups (broad SMARTS) is 1. The number of unbranched alkanes of at least 4 members (excludes halogenated alkanes) is 1. The Morgan fingerprint density at radius 1 is 0.714 bits per heavy atom. The molecule has 0 aromatic heterocycles. The van der Waals surface area contributed by atoms with Crippen LogP contribution in [0.25, 0.3) is 0 Å². The van der Waals surface area contributed by atoms with E-state index in [1.807, 2.05) is 55.1 Å². The molecule has 0 bridgehead atoms. The van der Waals surface area contributed by atoms with Gasteiger partial charge in [-0.05, 0) is 121 Å². The summed E-state index contributed by atoms with van der Waals surface area (Å²) in [6.45, 7) is 13.2. The van der Waals surface area contributed by atoms with Crippen LogP contribution in [0.1, 0.15) is 110 Å². The average Bonchev–Trinajstić information content (AvgIpc) is 3.76. The molecule has 3 fully saturated rings. The molecule has 2 saturated heterocycles. The third-order valence-corrected chi connectivity index (χ3v) is 12.5. The van der Waals surface area contributed by atoms with Crippen LogP contribution in [0, 0.1) is 11.3 Å². The van der Waals surface area contributed by atoms with Gasteiger partial charge in [0.1, 0.15) is 29.8 Å². The van der Waals surface area contributed by atoms with E-state index in [1.165, 1.54) is 38.8 Å². The number of alkyl carbamates (subject to hydrolysis) is 1. The van der Waals surface area contributed by atoms with Gasteiger partial charge in [-0.1, -0.05) is 74.5 Å². The van der Waals surface area contributed by atoms with Crippen molar-refractivity contribution >= 4 is 35.8 Å². The molecule has 63 heavy (non-hydrogen) atoms. The second-order valence-corrected chi connectivity index (χ2v) is 19.2. The molecule has 4 atom stereocenters. The Morgan fingerprint density at radius 3 is 1.75 bits per heavy atom. The lowest BCUT2D eigenvalue weighted by atomic mass is 9.60. The van der Waals surface area contributed by atoms with Crippen LogP contribution in [0.4, 0.5) is 9.59 Å². The molecular formula is C48H71N7O8. The van der Waals surface area contributed by atoms with E-state index in [2.05, 4.69) is 31.5 Å². The number of ether oxygens (including phenoxy) is 1. The highest BCUT2D eigenvalue weighted by atomic mass is 16.6. The van der Waals surface area contributed by atoms with Gasteiger partial charge in [-0.25, -0.2) is 9.59 Å². The molecule has 1 aliphatic carbocycles. The van der Waals surface area contributed by atoms with E-state index >= 15 is 0 Å². The normalized spacial score (nSPS) is 18.3. The molecule has 1 spiro atoms. The molecule has 2 heterocycles. The number of carbonyl (C=O) groups excluding carboxylic acids is 5. The van der Waals surface area contributed by atoms with Crippen LogP contribution in [-0.2, 0) is 36.8 Å². The summed E-state index contributed by atoms with van der Waals surface area (Å²) in [5, 5.41) is 23.3. The first-order valence-corrected chi connectivity index (χ1v) is 23.0. The van der Waals surface area contributed by atoms with Crippen molar-refractivity contribution < 1.29 is 38.6 Å². The van der Waals surface area contributed by atoms with Gasteiger partial charge in [0.25, 0.3) is 0 Å². The third kappa shape index (κ3) is 15.5. The molecule has 6 N–H and O–H groups in total. The summed E-state index contributed by atoms with van der Waals surface area (Å²) in [5.74, 6) is -2.01. The topological polar surface area (TPSA) is 199 Å². The van der Waals surface area contributed by atoms with Gasteiger partial charge in [0.15, 0.2) is 0 Å². The zero-order valence-corrected chi connectivity index (χ0v) is 38.0. The van der Waals surface area contributed by atoms with Crippen LogP contribution in [0.15, 0.2) is 60.7 Å².